The van der Waals surface area contributed by atoms with Gasteiger partial charge in [-0.25, -0.2) is 4.98 Å². The zero-order chi connectivity index (χ0) is 14.4. The molecular weight excluding hydrogens is 276 g/mol. The fourth-order valence-corrected chi connectivity index (χ4v) is 5.32. The molecule has 1 unspecified atom stereocenters. The number of hydrogen-bond acceptors (Lipinski definition) is 3. The monoisotopic (exact) mass is 298 g/mol. The third kappa shape index (κ3) is 1.80. The van der Waals surface area contributed by atoms with E-state index in [1.807, 2.05) is 16.8 Å². The first-order valence-electron chi connectivity index (χ1n) is 8.03. The highest BCUT2D eigenvalue weighted by molar-refractivity contribution is 7.09. The van der Waals surface area contributed by atoms with Gasteiger partial charge in [-0.1, -0.05) is 37.5 Å². The van der Waals surface area contributed by atoms with Gasteiger partial charge in [0.15, 0.2) is 0 Å². The zero-order valence-electron chi connectivity index (χ0n) is 12.8. The summed E-state index contributed by atoms with van der Waals surface area (Å²) in [6, 6.07) is 9.29. The summed E-state index contributed by atoms with van der Waals surface area (Å²) in [5.41, 5.74) is 6.36. The van der Waals surface area contributed by atoms with E-state index in [9.17, 15) is 0 Å². The van der Waals surface area contributed by atoms with Crippen LogP contribution in [0.5, 0.6) is 0 Å². The molecule has 2 aliphatic rings. The predicted molar refractivity (Wildman–Crippen MR) is 89.0 cm³/mol. The van der Waals surface area contributed by atoms with Crippen LogP contribution >= 0.6 is 11.3 Å². The van der Waals surface area contributed by atoms with Crippen molar-refractivity contribution in [2.24, 2.45) is 0 Å². The second-order valence-corrected chi connectivity index (χ2v) is 7.38. The largest absolute Gasteiger partial charge is 0.352 e. The Morgan fingerprint density at radius 3 is 2.71 bits per heavy atom. The molecule has 0 N–H and O–H groups in total. The predicted octanol–water partition coefficient (Wildman–Crippen LogP) is 5.19. The van der Waals surface area contributed by atoms with Gasteiger partial charge in [0.2, 0.25) is 0 Å². The van der Waals surface area contributed by atoms with Crippen molar-refractivity contribution in [3.8, 4) is 0 Å². The molecule has 3 heteroatoms. The van der Waals surface area contributed by atoms with Crippen molar-refractivity contribution in [1.82, 2.24) is 4.98 Å². The summed E-state index contributed by atoms with van der Waals surface area (Å²) in [4.78, 5) is 8.98. The maximum atomic E-state index is 4.81. The van der Waals surface area contributed by atoms with Crippen LogP contribution in [0.3, 0.4) is 0 Å². The van der Waals surface area contributed by atoms with Gasteiger partial charge < -0.3 is 4.90 Å². The number of anilines is 1. The van der Waals surface area contributed by atoms with E-state index in [-0.39, 0.29) is 5.54 Å². The molecule has 0 amide bonds. The van der Waals surface area contributed by atoms with Gasteiger partial charge in [0.1, 0.15) is 0 Å². The summed E-state index contributed by atoms with van der Waals surface area (Å²) < 4.78 is 0. The highest BCUT2D eigenvalue weighted by Gasteiger charge is 2.51. The number of hydrogen-bond donors (Lipinski definition) is 0. The smallest absolute Gasteiger partial charge is 0.0842 e. The van der Waals surface area contributed by atoms with E-state index in [0.29, 0.717) is 6.04 Å². The van der Waals surface area contributed by atoms with Crippen LogP contribution in [0, 0.1) is 6.92 Å². The molecule has 1 aliphatic heterocycles. The van der Waals surface area contributed by atoms with E-state index < -0.39 is 0 Å². The molecule has 0 bridgehead atoms. The van der Waals surface area contributed by atoms with Crippen molar-refractivity contribution in [1.29, 1.82) is 0 Å². The maximum absolute atomic E-state index is 4.81. The Bertz CT molecular complexity index is 655. The molecule has 4 rings (SSSR count). The molecule has 1 aliphatic carbocycles. The molecule has 2 heterocycles. The van der Waals surface area contributed by atoms with Gasteiger partial charge in [0.05, 0.1) is 27.7 Å². The molecule has 110 valence electrons. The summed E-state index contributed by atoms with van der Waals surface area (Å²) in [6.07, 6.45) is 6.53. The Morgan fingerprint density at radius 2 is 1.95 bits per heavy atom. The lowest BCUT2D eigenvalue weighted by Gasteiger charge is -2.45. The second kappa shape index (κ2) is 4.84. The molecule has 1 aromatic heterocycles. The third-order valence-electron chi connectivity index (χ3n) is 5.32. The van der Waals surface area contributed by atoms with Gasteiger partial charge >= 0.3 is 0 Å². The summed E-state index contributed by atoms with van der Waals surface area (Å²) in [6.45, 7) is 4.59. The van der Waals surface area contributed by atoms with Crippen molar-refractivity contribution in [2.75, 3.05) is 4.90 Å². The van der Waals surface area contributed by atoms with Gasteiger partial charge in [-0.05, 0) is 38.3 Å². The fraction of sp³-hybridized carbons (Fsp3) is 0.500. The zero-order valence-corrected chi connectivity index (χ0v) is 13.6. The molecule has 1 saturated carbocycles. The minimum absolute atomic E-state index is 0.152. The van der Waals surface area contributed by atoms with Crippen LogP contribution in [0.1, 0.15) is 61.2 Å². The van der Waals surface area contributed by atoms with Crippen LogP contribution < -0.4 is 4.90 Å². The highest BCUT2D eigenvalue weighted by Crippen LogP contribution is 2.56. The Morgan fingerprint density at radius 1 is 1.19 bits per heavy atom. The van der Waals surface area contributed by atoms with Crippen LogP contribution in [0.4, 0.5) is 5.69 Å². The first kappa shape index (κ1) is 13.3. The lowest BCUT2D eigenvalue weighted by atomic mass is 9.79. The molecule has 0 saturated heterocycles. The maximum Gasteiger partial charge on any atom is 0.0842 e. The topological polar surface area (TPSA) is 16.1 Å². The van der Waals surface area contributed by atoms with Gasteiger partial charge in [-0.3, -0.25) is 0 Å². The van der Waals surface area contributed by atoms with E-state index in [1.54, 1.807) is 0 Å². The highest BCUT2D eigenvalue weighted by atomic mass is 32.1. The summed E-state index contributed by atoms with van der Waals surface area (Å²) in [7, 11) is 0. The molecule has 21 heavy (non-hydrogen) atoms. The van der Waals surface area contributed by atoms with Crippen molar-refractivity contribution in [3.63, 3.8) is 0 Å². The Kier molecular flexibility index (Phi) is 3.07. The number of rotatable bonds is 1. The van der Waals surface area contributed by atoms with Crippen molar-refractivity contribution < 1.29 is 0 Å². The Balaban J connectivity index is 1.89. The number of nitrogens with zero attached hydrogens (tertiary/aromatic N) is 2. The average molecular weight is 298 g/mol. The Labute approximate surface area is 130 Å². The minimum atomic E-state index is 0.152. The van der Waals surface area contributed by atoms with Crippen LogP contribution in [-0.2, 0) is 5.54 Å². The molecular formula is C18H22N2S. The van der Waals surface area contributed by atoms with Gasteiger partial charge in [-0.15, -0.1) is 11.3 Å². The van der Waals surface area contributed by atoms with E-state index >= 15 is 0 Å². The van der Waals surface area contributed by atoms with Gasteiger partial charge in [0.25, 0.3) is 0 Å². The van der Waals surface area contributed by atoms with E-state index in [1.165, 1.54) is 53.9 Å². The van der Waals surface area contributed by atoms with Crippen LogP contribution in [0.25, 0.3) is 0 Å². The Hall–Kier alpha value is -1.35. The molecule has 2 nitrogen and oxygen atoms in total. The van der Waals surface area contributed by atoms with Crippen molar-refractivity contribution in [2.45, 2.75) is 57.5 Å². The molecule has 1 aromatic carbocycles. The van der Waals surface area contributed by atoms with Crippen molar-refractivity contribution in [3.05, 3.63) is 45.9 Å². The van der Waals surface area contributed by atoms with Crippen LogP contribution in [-0.4, -0.2) is 4.98 Å². The molecule has 2 aromatic rings. The number of fused-ring (bicyclic) bond motifs is 2. The standard InChI is InChI=1S/C18H22N2S/c1-13-8-4-5-9-15(13)20-14(2)16-17(19-12-21-16)18(20)10-6-3-7-11-18/h4-5,8-9,12,14H,3,6-7,10-11H2,1-2H3. The van der Waals surface area contributed by atoms with Crippen LogP contribution in [0.2, 0.25) is 0 Å². The van der Waals surface area contributed by atoms with Crippen LogP contribution in [0.15, 0.2) is 29.8 Å². The summed E-state index contributed by atoms with van der Waals surface area (Å²) in [5, 5.41) is 0. The lowest BCUT2D eigenvalue weighted by Crippen LogP contribution is -2.44. The van der Waals surface area contributed by atoms with Gasteiger partial charge in [0, 0.05) is 5.69 Å². The fourth-order valence-electron chi connectivity index (χ4n) is 4.39. The lowest BCUT2D eigenvalue weighted by molar-refractivity contribution is 0.278. The van der Waals surface area contributed by atoms with Gasteiger partial charge in [-0.2, -0.15) is 0 Å². The first-order valence-corrected chi connectivity index (χ1v) is 8.91. The van der Waals surface area contributed by atoms with Crippen molar-refractivity contribution >= 4 is 17.0 Å². The van der Waals surface area contributed by atoms with E-state index in [4.69, 9.17) is 4.98 Å². The number of para-hydroxylation sites is 1. The average Bonchev–Trinajstić information content (AvgIpc) is 3.06. The molecule has 0 radical (unpaired) electrons. The molecule has 1 atom stereocenters. The number of benzene rings is 1. The SMILES string of the molecule is Cc1ccccc1N1C(C)c2scnc2C12CCCCC2. The molecule has 1 spiro atoms. The van der Waals surface area contributed by atoms with E-state index in [2.05, 4.69) is 43.0 Å². The van der Waals surface area contributed by atoms with E-state index in [0.717, 1.165) is 0 Å². The summed E-state index contributed by atoms with van der Waals surface area (Å²) in [5.74, 6) is 0. The second-order valence-electron chi connectivity index (χ2n) is 6.49. The molecule has 1 fully saturated rings. The quantitative estimate of drug-likeness (QED) is 0.720. The number of thiazole rings is 1. The number of aryl methyl sites for hydroxylation is 1. The minimum Gasteiger partial charge on any atom is -0.352 e. The first-order chi connectivity index (χ1) is 10.2. The third-order valence-corrected chi connectivity index (χ3v) is 6.32. The number of aromatic nitrogens is 1. The summed E-state index contributed by atoms with van der Waals surface area (Å²) >= 11 is 1.84. The normalized spacial score (nSPS) is 23.5.